The first-order chi connectivity index (χ1) is 11.1. The molecule has 2 rings (SSSR count). The molecule has 0 radical (unpaired) electrons. The lowest BCUT2D eigenvalue weighted by Gasteiger charge is -2.11. The smallest absolute Gasteiger partial charge is 0.306 e. The van der Waals surface area contributed by atoms with Crippen LogP contribution in [0.2, 0.25) is 0 Å². The van der Waals surface area contributed by atoms with E-state index in [0.29, 0.717) is 13.0 Å². The number of carbonyl (C=O) groups excluding carboxylic acids is 2. The number of hydrogen-bond acceptors (Lipinski definition) is 4. The summed E-state index contributed by atoms with van der Waals surface area (Å²) in [4.78, 5) is 30.6. The molecule has 0 fully saturated rings. The molecule has 1 aromatic carbocycles. The predicted octanol–water partition coefficient (Wildman–Crippen LogP) is 1.84. The van der Waals surface area contributed by atoms with E-state index in [0.717, 1.165) is 11.3 Å². The van der Waals surface area contributed by atoms with Gasteiger partial charge in [0.05, 0.1) is 12.7 Å². The van der Waals surface area contributed by atoms with Crippen LogP contribution >= 0.6 is 0 Å². The summed E-state index contributed by atoms with van der Waals surface area (Å²) in [5.74, 6) is -0.939. The van der Waals surface area contributed by atoms with Gasteiger partial charge >= 0.3 is 5.97 Å². The van der Waals surface area contributed by atoms with Gasteiger partial charge in [-0.05, 0) is 5.56 Å². The maximum atomic E-state index is 11.9. The maximum absolute atomic E-state index is 11.9. The van der Waals surface area contributed by atoms with Gasteiger partial charge in [-0.3, -0.25) is 9.59 Å². The molecule has 0 bridgehead atoms. The Bertz CT molecular complexity index is 611. The van der Waals surface area contributed by atoms with Crippen molar-refractivity contribution >= 4 is 11.9 Å². The minimum Gasteiger partial charge on any atom is -0.461 e. The van der Waals surface area contributed by atoms with Crippen molar-refractivity contribution in [1.29, 1.82) is 0 Å². The normalized spacial score (nSPS) is 11.7. The Morgan fingerprint density at radius 3 is 2.78 bits per heavy atom. The molecule has 23 heavy (non-hydrogen) atoms. The number of hydrogen-bond donors (Lipinski definition) is 2. The fourth-order valence-corrected chi connectivity index (χ4v) is 2.06. The number of nitrogens with one attached hydrogen (secondary N) is 2. The first-order valence-electron chi connectivity index (χ1n) is 7.59. The number of aromatic amines is 1. The van der Waals surface area contributed by atoms with Crippen molar-refractivity contribution in [3.05, 3.63) is 54.1 Å². The fourth-order valence-electron chi connectivity index (χ4n) is 2.06. The van der Waals surface area contributed by atoms with E-state index in [9.17, 15) is 9.59 Å². The quantitative estimate of drug-likeness (QED) is 0.728. The summed E-state index contributed by atoms with van der Waals surface area (Å²) in [6, 6.07) is 9.45. The molecule has 6 heteroatoms. The van der Waals surface area contributed by atoms with Crippen molar-refractivity contribution in [2.24, 2.45) is 5.92 Å². The topological polar surface area (TPSA) is 84.1 Å². The minimum atomic E-state index is -0.417. The second-order valence-electron chi connectivity index (χ2n) is 5.37. The highest BCUT2D eigenvalue weighted by Crippen LogP contribution is 2.07. The molecular weight excluding hydrogens is 294 g/mol. The predicted molar refractivity (Wildman–Crippen MR) is 85.3 cm³/mol. The summed E-state index contributed by atoms with van der Waals surface area (Å²) < 4.78 is 5.18. The molecule has 0 aliphatic carbocycles. The molecule has 0 saturated heterocycles. The van der Waals surface area contributed by atoms with Gasteiger partial charge in [0.2, 0.25) is 5.91 Å². The first kappa shape index (κ1) is 16.7. The van der Waals surface area contributed by atoms with Crippen molar-refractivity contribution in [2.45, 2.75) is 26.4 Å². The van der Waals surface area contributed by atoms with E-state index in [1.165, 1.54) is 0 Å². The van der Waals surface area contributed by atoms with Crippen molar-refractivity contribution in [1.82, 2.24) is 15.3 Å². The number of benzene rings is 1. The van der Waals surface area contributed by atoms with Crippen LogP contribution in [-0.4, -0.2) is 28.4 Å². The third-order valence-corrected chi connectivity index (χ3v) is 3.41. The zero-order valence-electron chi connectivity index (χ0n) is 13.1. The second-order valence-corrected chi connectivity index (χ2v) is 5.37. The second kappa shape index (κ2) is 8.73. The minimum absolute atomic E-state index is 0.0721. The molecule has 122 valence electrons. The molecular formula is C17H21N3O3. The maximum Gasteiger partial charge on any atom is 0.306 e. The molecule has 0 saturated carbocycles. The molecule has 0 aliphatic rings. The van der Waals surface area contributed by atoms with E-state index in [-0.39, 0.29) is 24.9 Å². The Kier molecular flexibility index (Phi) is 6.35. The van der Waals surface area contributed by atoms with E-state index >= 15 is 0 Å². The number of aromatic nitrogens is 2. The van der Waals surface area contributed by atoms with Crippen LogP contribution in [0.5, 0.6) is 0 Å². The number of rotatable bonds is 8. The summed E-state index contributed by atoms with van der Waals surface area (Å²) in [5, 5.41) is 2.81. The van der Waals surface area contributed by atoms with Crippen LogP contribution in [0, 0.1) is 5.92 Å². The van der Waals surface area contributed by atoms with Crippen molar-refractivity contribution < 1.29 is 14.3 Å². The molecule has 0 aliphatic heterocycles. The summed E-state index contributed by atoms with van der Waals surface area (Å²) in [6.45, 7) is 2.45. The molecule has 1 aromatic heterocycles. The van der Waals surface area contributed by atoms with E-state index in [2.05, 4.69) is 15.3 Å². The van der Waals surface area contributed by atoms with Crippen LogP contribution in [0.15, 0.2) is 42.9 Å². The average Bonchev–Trinajstić information content (AvgIpc) is 3.07. The monoisotopic (exact) mass is 315 g/mol. The van der Waals surface area contributed by atoms with Crippen molar-refractivity contribution in [3.63, 3.8) is 0 Å². The third-order valence-electron chi connectivity index (χ3n) is 3.41. The summed E-state index contributed by atoms with van der Waals surface area (Å²) >= 11 is 0. The van der Waals surface area contributed by atoms with Gasteiger partial charge in [-0.25, -0.2) is 4.98 Å². The Labute approximate surface area is 135 Å². The zero-order chi connectivity index (χ0) is 16.5. The molecule has 2 N–H and O–H groups in total. The van der Waals surface area contributed by atoms with Gasteiger partial charge in [-0.2, -0.15) is 0 Å². The lowest BCUT2D eigenvalue weighted by atomic mass is 10.1. The van der Waals surface area contributed by atoms with Gasteiger partial charge in [0.15, 0.2) is 0 Å². The number of nitrogens with zero attached hydrogens (tertiary/aromatic N) is 1. The number of esters is 1. The van der Waals surface area contributed by atoms with E-state index in [1.807, 2.05) is 30.3 Å². The molecule has 0 spiro atoms. The fraction of sp³-hybridized carbons (Fsp3) is 0.353. The molecule has 6 nitrogen and oxygen atoms in total. The number of carbonyl (C=O) groups is 2. The molecule has 0 unspecified atom stereocenters. The number of imidazole rings is 1. The number of amides is 1. The number of H-pyrrole nitrogens is 1. The first-order valence-corrected chi connectivity index (χ1v) is 7.59. The van der Waals surface area contributed by atoms with Gasteiger partial charge in [0.1, 0.15) is 6.61 Å². The standard InChI is InChI=1S/C17H21N3O3/c1-13(17(22)19-8-7-15-10-18-12-20-15)9-16(21)23-11-14-5-3-2-4-6-14/h2-6,10,12-13H,7-9,11H2,1H3,(H,18,20)(H,19,22)/t13-/m0/s1. The molecule has 1 amide bonds. The lowest BCUT2D eigenvalue weighted by molar-refractivity contribution is -0.147. The molecule has 1 heterocycles. The zero-order valence-corrected chi connectivity index (χ0v) is 13.1. The highest BCUT2D eigenvalue weighted by molar-refractivity contribution is 5.83. The van der Waals surface area contributed by atoms with Crippen molar-refractivity contribution in [2.75, 3.05) is 6.54 Å². The van der Waals surface area contributed by atoms with Gasteiger partial charge in [-0.1, -0.05) is 37.3 Å². The van der Waals surface area contributed by atoms with Crippen LogP contribution in [0.25, 0.3) is 0 Å². The van der Waals surface area contributed by atoms with Crippen LogP contribution in [0.3, 0.4) is 0 Å². The molecule has 2 aromatic rings. The van der Waals surface area contributed by atoms with E-state index in [4.69, 9.17) is 4.74 Å². The van der Waals surface area contributed by atoms with Crippen LogP contribution < -0.4 is 5.32 Å². The van der Waals surface area contributed by atoms with Crippen LogP contribution in [-0.2, 0) is 27.4 Å². The Balaban J connectivity index is 1.65. The highest BCUT2D eigenvalue weighted by atomic mass is 16.5. The van der Waals surface area contributed by atoms with Gasteiger partial charge < -0.3 is 15.0 Å². The SMILES string of the molecule is C[C@@H](CC(=O)OCc1ccccc1)C(=O)NCCc1cnc[nH]1. The van der Waals surface area contributed by atoms with Gasteiger partial charge in [0.25, 0.3) is 0 Å². The molecule has 1 atom stereocenters. The highest BCUT2D eigenvalue weighted by Gasteiger charge is 2.17. The average molecular weight is 315 g/mol. The van der Waals surface area contributed by atoms with Crippen molar-refractivity contribution in [3.8, 4) is 0 Å². The van der Waals surface area contributed by atoms with Crippen LogP contribution in [0.1, 0.15) is 24.6 Å². The Hall–Kier alpha value is -2.63. The number of ether oxygens (including phenoxy) is 1. The Morgan fingerprint density at radius 2 is 2.09 bits per heavy atom. The summed E-state index contributed by atoms with van der Waals surface area (Å²) in [5.41, 5.74) is 1.89. The van der Waals surface area contributed by atoms with Crippen LogP contribution in [0.4, 0.5) is 0 Å². The Morgan fingerprint density at radius 1 is 1.30 bits per heavy atom. The third kappa shape index (κ3) is 5.94. The van der Waals surface area contributed by atoms with Gasteiger partial charge in [0, 0.05) is 30.8 Å². The summed E-state index contributed by atoms with van der Waals surface area (Å²) in [6.07, 6.45) is 4.07. The van der Waals surface area contributed by atoms with Gasteiger partial charge in [-0.15, -0.1) is 0 Å². The lowest BCUT2D eigenvalue weighted by Crippen LogP contribution is -2.32. The van der Waals surface area contributed by atoms with E-state index in [1.54, 1.807) is 19.4 Å². The van der Waals surface area contributed by atoms with E-state index < -0.39 is 5.92 Å². The summed E-state index contributed by atoms with van der Waals surface area (Å²) in [7, 11) is 0. The largest absolute Gasteiger partial charge is 0.461 e.